The Kier molecular flexibility index (Phi) is 4.17. The maximum absolute atomic E-state index is 13.3. The van der Waals surface area contributed by atoms with Gasteiger partial charge in [-0.3, -0.25) is 4.98 Å². The quantitative estimate of drug-likeness (QED) is 0.673. The first-order valence-corrected chi connectivity index (χ1v) is 7.74. The second-order valence-electron chi connectivity index (χ2n) is 4.81. The molecule has 0 aliphatic carbocycles. The number of benzene rings is 2. The molecule has 1 heterocycles. The fourth-order valence-corrected chi connectivity index (χ4v) is 3.36. The molecule has 0 amide bonds. The third kappa shape index (κ3) is 2.78. The van der Waals surface area contributed by atoms with Gasteiger partial charge in [-0.1, -0.05) is 30.3 Å². The van der Waals surface area contributed by atoms with Crippen LogP contribution in [0.5, 0.6) is 0 Å². The first kappa shape index (κ1) is 14.4. The molecular weight excluding hydrogens is 378 g/mol. The number of aromatic nitrogens is 1. The smallest absolute Gasteiger partial charge is 0.124 e. The van der Waals surface area contributed by atoms with Gasteiger partial charge in [-0.15, -0.1) is 0 Å². The van der Waals surface area contributed by atoms with E-state index in [1.807, 2.05) is 37.4 Å². The molecule has 3 rings (SSSR count). The van der Waals surface area contributed by atoms with Crippen LogP contribution >= 0.6 is 22.6 Å². The average Bonchev–Trinajstić information content (AvgIpc) is 2.50. The molecule has 0 fully saturated rings. The molecular formula is C17H14FIN2. The molecule has 0 radical (unpaired) electrons. The molecule has 0 bridgehead atoms. The number of hydrogen-bond donors (Lipinski definition) is 1. The molecule has 3 aromatic rings. The Labute approximate surface area is 136 Å². The summed E-state index contributed by atoms with van der Waals surface area (Å²) < 4.78 is 14.2. The summed E-state index contributed by atoms with van der Waals surface area (Å²) in [7, 11) is 1.91. The number of para-hydroxylation sites is 1. The minimum atomic E-state index is -0.214. The van der Waals surface area contributed by atoms with E-state index in [9.17, 15) is 4.39 Å². The highest BCUT2D eigenvalue weighted by atomic mass is 127. The number of halogens is 2. The molecule has 1 N–H and O–H groups in total. The lowest BCUT2D eigenvalue weighted by atomic mass is 9.96. The predicted molar refractivity (Wildman–Crippen MR) is 91.8 cm³/mol. The number of hydrogen-bond acceptors (Lipinski definition) is 2. The molecule has 2 nitrogen and oxygen atoms in total. The van der Waals surface area contributed by atoms with Crippen molar-refractivity contribution in [1.82, 2.24) is 10.3 Å². The number of nitrogens with zero attached hydrogens (tertiary/aromatic N) is 1. The van der Waals surface area contributed by atoms with Crippen molar-refractivity contribution in [2.45, 2.75) is 6.04 Å². The topological polar surface area (TPSA) is 24.9 Å². The van der Waals surface area contributed by atoms with Gasteiger partial charge in [-0.25, -0.2) is 4.39 Å². The van der Waals surface area contributed by atoms with E-state index in [1.54, 1.807) is 12.3 Å². The molecule has 2 aromatic carbocycles. The fraction of sp³-hybridized carbons (Fsp3) is 0.118. The number of rotatable bonds is 3. The number of fused-ring (bicyclic) bond motifs is 1. The van der Waals surface area contributed by atoms with Crippen molar-refractivity contribution in [2.75, 3.05) is 7.05 Å². The minimum Gasteiger partial charge on any atom is -0.309 e. The van der Waals surface area contributed by atoms with Gasteiger partial charge in [-0.2, -0.15) is 0 Å². The fourth-order valence-electron chi connectivity index (χ4n) is 2.57. The minimum absolute atomic E-state index is 0.0175. The largest absolute Gasteiger partial charge is 0.309 e. The summed E-state index contributed by atoms with van der Waals surface area (Å²) in [6, 6.07) is 15.0. The highest BCUT2D eigenvalue weighted by molar-refractivity contribution is 14.1. The normalized spacial score (nSPS) is 12.5. The van der Waals surface area contributed by atoms with Crippen LogP contribution in [0.15, 0.2) is 54.7 Å². The monoisotopic (exact) mass is 392 g/mol. The second-order valence-corrected chi connectivity index (χ2v) is 5.97. The van der Waals surface area contributed by atoms with Gasteiger partial charge >= 0.3 is 0 Å². The lowest BCUT2D eigenvalue weighted by molar-refractivity contribution is 0.621. The van der Waals surface area contributed by atoms with Gasteiger partial charge in [0.25, 0.3) is 0 Å². The first-order valence-electron chi connectivity index (χ1n) is 6.66. The van der Waals surface area contributed by atoms with Crippen LogP contribution in [-0.2, 0) is 0 Å². The van der Waals surface area contributed by atoms with Crippen LogP contribution in [-0.4, -0.2) is 12.0 Å². The van der Waals surface area contributed by atoms with Crippen LogP contribution in [0.2, 0.25) is 0 Å². The summed E-state index contributed by atoms with van der Waals surface area (Å²) in [5, 5.41) is 4.42. The average molecular weight is 392 g/mol. The SMILES string of the molecule is CNC(c1ccc(F)cc1I)c1cccc2cccnc12. The van der Waals surface area contributed by atoms with Crippen molar-refractivity contribution in [2.24, 2.45) is 0 Å². The van der Waals surface area contributed by atoms with Gasteiger partial charge in [0, 0.05) is 15.2 Å². The molecule has 4 heteroatoms. The van der Waals surface area contributed by atoms with Crippen LogP contribution in [0.3, 0.4) is 0 Å². The van der Waals surface area contributed by atoms with Crippen LogP contribution < -0.4 is 5.32 Å². The van der Waals surface area contributed by atoms with E-state index >= 15 is 0 Å². The summed E-state index contributed by atoms with van der Waals surface area (Å²) >= 11 is 2.17. The van der Waals surface area contributed by atoms with E-state index < -0.39 is 0 Å². The lowest BCUT2D eigenvalue weighted by Gasteiger charge is -2.20. The zero-order valence-electron chi connectivity index (χ0n) is 11.5. The Morgan fingerprint density at radius 3 is 2.67 bits per heavy atom. The highest BCUT2D eigenvalue weighted by Gasteiger charge is 2.18. The van der Waals surface area contributed by atoms with Crippen molar-refractivity contribution in [3.63, 3.8) is 0 Å². The maximum atomic E-state index is 13.3. The van der Waals surface area contributed by atoms with Crippen molar-refractivity contribution >= 4 is 33.5 Å². The zero-order chi connectivity index (χ0) is 14.8. The highest BCUT2D eigenvalue weighted by Crippen LogP contribution is 2.30. The molecule has 1 atom stereocenters. The van der Waals surface area contributed by atoms with E-state index in [0.717, 1.165) is 25.6 Å². The molecule has 0 saturated carbocycles. The van der Waals surface area contributed by atoms with Crippen LogP contribution in [0.1, 0.15) is 17.2 Å². The zero-order valence-corrected chi connectivity index (χ0v) is 13.6. The predicted octanol–water partition coefficient (Wildman–Crippen LogP) is 4.29. The standard InChI is InChI=1S/C17H14FIN2/c1-20-17(13-8-7-12(18)10-15(13)19)14-6-2-4-11-5-3-9-21-16(11)14/h2-10,17,20H,1H3. The van der Waals surface area contributed by atoms with Gasteiger partial charge in [0.2, 0.25) is 0 Å². The molecule has 106 valence electrons. The van der Waals surface area contributed by atoms with E-state index in [0.29, 0.717) is 0 Å². The molecule has 1 unspecified atom stereocenters. The van der Waals surface area contributed by atoms with Crippen LogP contribution in [0.4, 0.5) is 4.39 Å². The van der Waals surface area contributed by atoms with Crippen molar-refractivity contribution < 1.29 is 4.39 Å². The van der Waals surface area contributed by atoms with Crippen LogP contribution in [0, 0.1) is 9.39 Å². The van der Waals surface area contributed by atoms with Crippen molar-refractivity contribution in [3.05, 3.63) is 75.2 Å². The molecule has 1 aromatic heterocycles. The Morgan fingerprint density at radius 1 is 1.10 bits per heavy atom. The number of pyridine rings is 1. The van der Waals surface area contributed by atoms with E-state index in [1.165, 1.54) is 6.07 Å². The van der Waals surface area contributed by atoms with Gasteiger partial charge < -0.3 is 5.32 Å². The first-order chi connectivity index (χ1) is 10.2. The van der Waals surface area contributed by atoms with Gasteiger partial charge in [0.1, 0.15) is 5.82 Å². The Morgan fingerprint density at radius 2 is 1.90 bits per heavy atom. The Hall–Kier alpha value is -1.53. The molecule has 0 aliphatic rings. The second kappa shape index (κ2) is 6.07. The summed E-state index contributed by atoms with van der Waals surface area (Å²) in [6.07, 6.45) is 1.80. The molecule has 21 heavy (non-hydrogen) atoms. The third-order valence-electron chi connectivity index (χ3n) is 3.54. The van der Waals surface area contributed by atoms with Crippen molar-refractivity contribution in [1.29, 1.82) is 0 Å². The lowest BCUT2D eigenvalue weighted by Crippen LogP contribution is -2.19. The van der Waals surface area contributed by atoms with E-state index in [-0.39, 0.29) is 11.9 Å². The summed E-state index contributed by atoms with van der Waals surface area (Å²) in [4.78, 5) is 4.51. The summed E-state index contributed by atoms with van der Waals surface area (Å²) in [5.41, 5.74) is 3.12. The van der Waals surface area contributed by atoms with Gasteiger partial charge in [0.05, 0.1) is 11.6 Å². The Balaban J connectivity index is 2.18. The third-order valence-corrected chi connectivity index (χ3v) is 4.47. The Bertz CT molecular complexity index is 783. The van der Waals surface area contributed by atoms with Gasteiger partial charge in [-0.05, 0) is 59.0 Å². The van der Waals surface area contributed by atoms with Gasteiger partial charge in [0.15, 0.2) is 0 Å². The van der Waals surface area contributed by atoms with Crippen molar-refractivity contribution in [3.8, 4) is 0 Å². The summed E-state index contributed by atoms with van der Waals surface area (Å²) in [5.74, 6) is -0.214. The number of nitrogens with one attached hydrogen (secondary N) is 1. The summed E-state index contributed by atoms with van der Waals surface area (Å²) in [6.45, 7) is 0. The maximum Gasteiger partial charge on any atom is 0.124 e. The molecule has 0 saturated heterocycles. The van der Waals surface area contributed by atoms with E-state index in [4.69, 9.17) is 0 Å². The van der Waals surface area contributed by atoms with Crippen LogP contribution in [0.25, 0.3) is 10.9 Å². The molecule has 0 aliphatic heterocycles. The molecule has 0 spiro atoms. The van der Waals surface area contributed by atoms with E-state index in [2.05, 4.69) is 39.0 Å².